The van der Waals surface area contributed by atoms with Crippen LogP contribution in [0.3, 0.4) is 0 Å². The number of carboxylic acid groups (broad SMARTS) is 1. The van der Waals surface area contributed by atoms with Gasteiger partial charge in [0.05, 0.1) is 19.3 Å². The van der Waals surface area contributed by atoms with E-state index in [1.54, 1.807) is 7.05 Å². The Kier molecular flexibility index (Phi) is 7.36. The molecular formula is C16H25NO4. The zero-order valence-electron chi connectivity index (χ0n) is 13.0. The van der Waals surface area contributed by atoms with Crippen LogP contribution in [0.25, 0.3) is 0 Å². The van der Waals surface area contributed by atoms with Crippen molar-refractivity contribution in [1.29, 1.82) is 0 Å². The summed E-state index contributed by atoms with van der Waals surface area (Å²) in [7, 11) is 1.66. The molecule has 0 saturated carbocycles. The lowest BCUT2D eigenvalue weighted by Gasteiger charge is -2.29. The van der Waals surface area contributed by atoms with Crippen molar-refractivity contribution >= 4 is 5.97 Å². The second-order valence-corrected chi connectivity index (χ2v) is 5.11. The third kappa shape index (κ3) is 5.12. The summed E-state index contributed by atoms with van der Waals surface area (Å²) < 4.78 is 10.9. The third-order valence-electron chi connectivity index (χ3n) is 3.36. The zero-order chi connectivity index (χ0) is 15.7. The topological polar surface area (TPSA) is 67.8 Å². The Hall–Kier alpha value is -1.43. The van der Waals surface area contributed by atoms with E-state index < -0.39 is 11.5 Å². The van der Waals surface area contributed by atoms with Gasteiger partial charge >= 0.3 is 5.97 Å². The zero-order valence-corrected chi connectivity index (χ0v) is 13.0. The molecule has 0 spiro atoms. The lowest BCUT2D eigenvalue weighted by atomic mass is 9.87. The van der Waals surface area contributed by atoms with Gasteiger partial charge in [0.15, 0.2) is 0 Å². The van der Waals surface area contributed by atoms with Gasteiger partial charge in [-0.25, -0.2) is 4.79 Å². The predicted octanol–water partition coefficient (Wildman–Crippen LogP) is 2.02. The minimum atomic E-state index is -1.12. The molecule has 1 unspecified atom stereocenters. The normalized spacial score (nSPS) is 14.1. The van der Waals surface area contributed by atoms with Gasteiger partial charge in [-0.1, -0.05) is 30.3 Å². The molecule has 1 aromatic carbocycles. The van der Waals surface area contributed by atoms with E-state index in [-0.39, 0.29) is 6.10 Å². The molecule has 0 aliphatic carbocycles. The fourth-order valence-corrected chi connectivity index (χ4v) is 2.14. The Balaban J connectivity index is 2.58. The molecule has 1 aromatic rings. The van der Waals surface area contributed by atoms with Crippen LogP contribution in [-0.2, 0) is 19.8 Å². The van der Waals surface area contributed by atoms with Crippen molar-refractivity contribution in [2.75, 3.05) is 26.9 Å². The second kappa shape index (κ2) is 8.77. The highest BCUT2D eigenvalue weighted by Gasteiger charge is 2.38. The number of aliphatic carboxylic acids is 1. The fourth-order valence-electron chi connectivity index (χ4n) is 2.14. The lowest BCUT2D eigenvalue weighted by Crippen LogP contribution is -2.48. The highest BCUT2D eigenvalue weighted by molar-refractivity contribution is 5.80. The first-order valence-corrected chi connectivity index (χ1v) is 7.20. The van der Waals surface area contributed by atoms with Gasteiger partial charge in [-0.3, -0.25) is 0 Å². The van der Waals surface area contributed by atoms with Crippen LogP contribution >= 0.6 is 0 Å². The summed E-state index contributed by atoms with van der Waals surface area (Å²) in [6, 6.07) is 9.16. The van der Waals surface area contributed by atoms with Crippen LogP contribution in [0.2, 0.25) is 0 Å². The molecule has 118 valence electrons. The van der Waals surface area contributed by atoms with Gasteiger partial charge in [-0.05, 0) is 26.5 Å². The van der Waals surface area contributed by atoms with Crippen LogP contribution in [0.1, 0.15) is 25.8 Å². The summed E-state index contributed by atoms with van der Waals surface area (Å²) in [5.74, 6) is -0.904. The Morgan fingerprint density at radius 3 is 2.43 bits per heavy atom. The van der Waals surface area contributed by atoms with Gasteiger partial charge in [0.25, 0.3) is 0 Å². The van der Waals surface area contributed by atoms with Gasteiger partial charge in [0, 0.05) is 13.0 Å². The number of carboxylic acids is 1. The Labute approximate surface area is 126 Å². The van der Waals surface area contributed by atoms with E-state index in [2.05, 4.69) is 5.32 Å². The highest BCUT2D eigenvalue weighted by atomic mass is 16.5. The van der Waals surface area contributed by atoms with Gasteiger partial charge in [0.2, 0.25) is 0 Å². The lowest BCUT2D eigenvalue weighted by molar-refractivity contribution is -0.146. The molecule has 5 heteroatoms. The van der Waals surface area contributed by atoms with Crippen LogP contribution < -0.4 is 5.32 Å². The first-order chi connectivity index (χ1) is 10.0. The molecule has 0 saturated heterocycles. The molecule has 0 radical (unpaired) electrons. The average Bonchev–Trinajstić information content (AvgIpc) is 2.47. The standard InChI is InChI=1S/C16H25NO4/c1-13(2)21-12-11-20-10-9-16(17-3,15(18)19)14-7-5-4-6-8-14/h4-8,13,17H,9-12H2,1-3H3,(H,18,19). The number of rotatable bonds is 10. The summed E-state index contributed by atoms with van der Waals surface area (Å²) in [5, 5.41) is 12.5. The first-order valence-electron chi connectivity index (χ1n) is 7.20. The third-order valence-corrected chi connectivity index (χ3v) is 3.36. The van der Waals surface area contributed by atoms with Gasteiger partial charge in [-0.2, -0.15) is 0 Å². The largest absolute Gasteiger partial charge is 0.480 e. The Morgan fingerprint density at radius 1 is 1.24 bits per heavy atom. The molecule has 0 aliphatic rings. The van der Waals surface area contributed by atoms with Crippen molar-refractivity contribution in [3.8, 4) is 0 Å². The van der Waals surface area contributed by atoms with Crippen molar-refractivity contribution in [2.24, 2.45) is 0 Å². The van der Waals surface area contributed by atoms with E-state index in [9.17, 15) is 9.90 Å². The molecule has 21 heavy (non-hydrogen) atoms. The van der Waals surface area contributed by atoms with Crippen molar-refractivity contribution in [3.63, 3.8) is 0 Å². The number of hydrogen-bond acceptors (Lipinski definition) is 4. The average molecular weight is 295 g/mol. The fraction of sp³-hybridized carbons (Fsp3) is 0.562. The molecule has 0 heterocycles. The second-order valence-electron chi connectivity index (χ2n) is 5.11. The van der Waals surface area contributed by atoms with E-state index in [1.807, 2.05) is 44.2 Å². The van der Waals surface area contributed by atoms with Crippen molar-refractivity contribution in [3.05, 3.63) is 35.9 Å². The molecule has 1 rings (SSSR count). The summed E-state index contributed by atoms with van der Waals surface area (Å²) >= 11 is 0. The van der Waals surface area contributed by atoms with Gasteiger partial charge in [-0.15, -0.1) is 0 Å². The van der Waals surface area contributed by atoms with Gasteiger partial charge in [0.1, 0.15) is 5.54 Å². The SMILES string of the molecule is CNC(CCOCCOC(C)C)(C(=O)O)c1ccccc1. The minimum absolute atomic E-state index is 0.174. The maximum atomic E-state index is 11.7. The van der Waals surface area contributed by atoms with Crippen LogP contribution in [0.15, 0.2) is 30.3 Å². The van der Waals surface area contributed by atoms with Crippen LogP contribution in [0.5, 0.6) is 0 Å². The maximum Gasteiger partial charge on any atom is 0.328 e. The summed E-state index contributed by atoms with van der Waals surface area (Å²) in [4.78, 5) is 11.7. The first kappa shape index (κ1) is 17.6. The van der Waals surface area contributed by atoms with Crippen molar-refractivity contribution < 1.29 is 19.4 Å². The van der Waals surface area contributed by atoms with E-state index in [1.165, 1.54) is 0 Å². The van der Waals surface area contributed by atoms with E-state index >= 15 is 0 Å². The molecule has 2 N–H and O–H groups in total. The highest BCUT2D eigenvalue weighted by Crippen LogP contribution is 2.25. The smallest absolute Gasteiger partial charge is 0.328 e. The van der Waals surface area contributed by atoms with Crippen LogP contribution in [-0.4, -0.2) is 44.0 Å². The van der Waals surface area contributed by atoms with Crippen molar-refractivity contribution in [1.82, 2.24) is 5.32 Å². The molecular weight excluding hydrogens is 270 g/mol. The number of benzene rings is 1. The Bertz CT molecular complexity index is 422. The summed E-state index contributed by atoms with van der Waals surface area (Å²) in [6.07, 6.45) is 0.526. The summed E-state index contributed by atoms with van der Waals surface area (Å²) in [6.45, 7) is 5.26. The molecule has 0 aromatic heterocycles. The maximum absolute atomic E-state index is 11.7. The molecule has 0 amide bonds. The van der Waals surface area contributed by atoms with E-state index in [0.29, 0.717) is 26.2 Å². The molecule has 1 atom stereocenters. The number of likely N-dealkylation sites (N-methyl/N-ethyl adjacent to an activating group) is 1. The molecule has 0 fully saturated rings. The van der Waals surface area contributed by atoms with Crippen molar-refractivity contribution in [2.45, 2.75) is 31.9 Å². The van der Waals surface area contributed by atoms with Crippen LogP contribution in [0, 0.1) is 0 Å². The van der Waals surface area contributed by atoms with Gasteiger partial charge < -0.3 is 19.9 Å². The predicted molar refractivity (Wildman–Crippen MR) is 81.3 cm³/mol. The number of hydrogen-bond donors (Lipinski definition) is 2. The monoisotopic (exact) mass is 295 g/mol. The Morgan fingerprint density at radius 2 is 1.90 bits per heavy atom. The minimum Gasteiger partial charge on any atom is -0.480 e. The quantitative estimate of drug-likeness (QED) is 0.646. The number of nitrogens with one attached hydrogen (secondary N) is 1. The molecule has 5 nitrogen and oxygen atoms in total. The molecule has 0 bridgehead atoms. The van der Waals surface area contributed by atoms with Crippen LogP contribution in [0.4, 0.5) is 0 Å². The summed E-state index contributed by atoms with van der Waals surface area (Å²) in [5.41, 5.74) is -0.401. The van der Waals surface area contributed by atoms with E-state index in [4.69, 9.17) is 9.47 Å². The molecule has 0 aliphatic heterocycles. The number of carbonyl (C=O) groups is 1. The van der Waals surface area contributed by atoms with E-state index in [0.717, 1.165) is 5.56 Å². The number of ether oxygens (including phenoxy) is 2.